The van der Waals surface area contributed by atoms with Gasteiger partial charge >= 0.3 is 0 Å². The lowest BCUT2D eigenvalue weighted by Crippen LogP contribution is -2.36. The van der Waals surface area contributed by atoms with E-state index in [-0.39, 0.29) is 11.9 Å². The molecule has 0 N–H and O–H groups in total. The molecule has 0 heterocycles. The molecule has 0 aliphatic carbocycles. The summed E-state index contributed by atoms with van der Waals surface area (Å²) in [6.45, 7) is 6.40. The molecule has 0 saturated carbocycles. The summed E-state index contributed by atoms with van der Waals surface area (Å²) in [6, 6.07) is 9.52. The maximum Gasteiger partial charge on any atom is 0.226 e. The maximum absolute atomic E-state index is 12.2. The third-order valence-electron chi connectivity index (χ3n) is 3.31. The third-order valence-corrected chi connectivity index (χ3v) is 3.31. The SMILES string of the molecule is CC(C)CC(C)N(C)C(=O)Cc1ccc(C#N)cc1. The summed E-state index contributed by atoms with van der Waals surface area (Å²) in [7, 11) is 1.86. The second-order valence-corrected chi connectivity index (χ2v) is 5.47. The van der Waals surface area contributed by atoms with Gasteiger partial charge in [0.2, 0.25) is 5.91 Å². The van der Waals surface area contributed by atoms with Crippen LogP contribution >= 0.6 is 0 Å². The lowest BCUT2D eigenvalue weighted by molar-refractivity contribution is -0.131. The molecule has 1 unspecified atom stereocenters. The Kier molecular flexibility index (Phi) is 5.57. The van der Waals surface area contributed by atoms with Crippen LogP contribution in [0.1, 0.15) is 38.3 Å². The molecule has 3 nitrogen and oxygen atoms in total. The summed E-state index contributed by atoms with van der Waals surface area (Å²) < 4.78 is 0. The summed E-state index contributed by atoms with van der Waals surface area (Å²) in [4.78, 5) is 14.0. The number of hydrogen-bond donors (Lipinski definition) is 0. The van der Waals surface area contributed by atoms with E-state index in [2.05, 4.69) is 26.8 Å². The van der Waals surface area contributed by atoms with Crippen molar-refractivity contribution in [3.8, 4) is 6.07 Å². The Labute approximate surface area is 115 Å². The van der Waals surface area contributed by atoms with E-state index < -0.39 is 0 Å². The highest BCUT2D eigenvalue weighted by atomic mass is 16.2. The average molecular weight is 258 g/mol. The number of nitrogens with zero attached hydrogens (tertiary/aromatic N) is 2. The van der Waals surface area contributed by atoms with Gasteiger partial charge in [-0.3, -0.25) is 4.79 Å². The summed E-state index contributed by atoms with van der Waals surface area (Å²) in [5, 5.41) is 8.73. The summed E-state index contributed by atoms with van der Waals surface area (Å²) in [5.74, 6) is 0.706. The molecule has 1 rings (SSSR count). The van der Waals surface area contributed by atoms with Gasteiger partial charge in [-0.15, -0.1) is 0 Å². The Balaban J connectivity index is 2.60. The van der Waals surface area contributed by atoms with Crippen molar-refractivity contribution in [1.29, 1.82) is 5.26 Å². The van der Waals surface area contributed by atoms with Crippen molar-refractivity contribution in [2.24, 2.45) is 5.92 Å². The monoisotopic (exact) mass is 258 g/mol. The Morgan fingerprint density at radius 1 is 1.26 bits per heavy atom. The lowest BCUT2D eigenvalue weighted by atomic mass is 10.0. The highest BCUT2D eigenvalue weighted by Crippen LogP contribution is 2.12. The molecular formula is C16H22N2O. The van der Waals surface area contributed by atoms with Crippen molar-refractivity contribution in [1.82, 2.24) is 4.90 Å². The van der Waals surface area contributed by atoms with Crippen LogP contribution in [0.3, 0.4) is 0 Å². The first kappa shape index (κ1) is 15.2. The number of carbonyl (C=O) groups is 1. The smallest absolute Gasteiger partial charge is 0.226 e. The van der Waals surface area contributed by atoms with Gasteiger partial charge in [-0.05, 0) is 37.0 Å². The van der Waals surface area contributed by atoms with Crippen LogP contribution in [0.2, 0.25) is 0 Å². The number of amides is 1. The minimum absolute atomic E-state index is 0.123. The first-order chi connectivity index (χ1) is 8.93. The van der Waals surface area contributed by atoms with Crippen molar-refractivity contribution in [2.45, 2.75) is 39.7 Å². The molecule has 0 radical (unpaired) electrons. The van der Waals surface area contributed by atoms with Crippen molar-refractivity contribution in [2.75, 3.05) is 7.05 Å². The number of carbonyl (C=O) groups excluding carboxylic acids is 1. The topological polar surface area (TPSA) is 44.1 Å². The molecule has 3 heteroatoms. The van der Waals surface area contributed by atoms with E-state index in [1.54, 1.807) is 12.1 Å². The van der Waals surface area contributed by atoms with Gasteiger partial charge < -0.3 is 4.90 Å². The van der Waals surface area contributed by atoms with Gasteiger partial charge in [0.25, 0.3) is 0 Å². The largest absolute Gasteiger partial charge is 0.343 e. The van der Waals surface area contributed by atoms with Crippen LogP contribution in [0.25, 0.3) is 0 Å². The van der Waals surface area contributed by atoms with Crippen LogP contribution in [0.15, 0.2) is 24.3 Å². The zero-order chi connectivity index (χ0) is 14.4. The highest BCUT2D eigenvalue weighted by molar-refractivity contribution is 5.78. The van der Waals surface area contributed by atoms with Crippen molar-refractivity contribution < 1.29 is 4.79 Å². The standard InChI is InChI=1S/C16H22N2O/c1-12(2)9-13(3)18(4)16(19)10-14-5-7-15(11-17)8-6-14/h5-8,12-13H,9-10H2,1-4H3. The second kappa shape index (κ2) is 6.94. The number of hydrogen-bond acceptors (Lipinski definition) is 2. The van der Waals surface area contributed by atoms with Gasteiger partial charge in [0.1, 0.15) is 0 Å². The maximum atomic E-state index is 12.2. The van der Waals surface area contributed by atoms with E-state index >= 15 is 0 Å². The van der Waals surface area contributed by atoms with Gasteiger partial charge in [0, 0.05) is 13.1 Å². The number of nitriles is 1. The Morgan fingerprint density at radius 3 is 2.32 bits per heavy atom. The summed E-state index contributed by atoms with van der Waals surface area (Å²) >= 11 is 0. The van der Waals surface area contributed by atoms with Crippen LogP contribution in [0, 0.1) is 17.2 Å². The fourth-order valence-electron chi connectivity index (χ4n) is 2.08. The van der Waals surface area contributed by atoms with Gasteiger partial charge in [0.15, 0.2) is 0 Å². The molecular weight excluding hydrogens is 236 g/mol. The second-order valence-electron chi connectivity index (χ2n) is 5.47. The molecule has 0 aromatic heterocycles. The van der Waals surface area contributed by atoms with E-state index in [4.69, 9.17) is 5.26 Å². The molecule has 0 saturated heterocycles. The fraction of sp³-hybridized carbons (Fsp3) is 0.500. The first-order valence-electron chi connectivity index (χ1n) is 6.68. The molecule has 0 aliphatic rings. The van der Waals surface area contributed by atoms with Crippen LogP contribution in [0.4, 0.5) is 0 Å². The highest BCUT2D eigenvalue weighted by Gasteiger charge is 2.16. The molecule has 1 aromatic carbocycles. The van der Waals surface area contributed by atoms with Crippen LogP contribution in [0.5, 0.6) is 0 Å². The Hall–Kier alpha value is -1.82. The van der Waals surface area contributed by atoms with E-state index in [1.165, 1.54) is 0 Å². The van der Waals surface area contributed by atoms with Crippen LogP contribution in [-0.2, 0) is 11.2 Å². The molecule has 19 heavy (non-hydrogen) atoms. The minimum atomic E-state index is 0.123. The molecule has 0 fully saturated rings. The van der Waals surface area contributed by atoms with E-state index in [9.17, 15) is 4.79 Å². The minimum Gasteiger partial charge on any atom is -0.343 e. The van der Waals surface area contributed by atoms with Gasteiger partial charge in [0.05, 0.1) is 18.1 Å². The van der Waals surface area contributed by atoms with Crippen molar-refractivity contribution in [3.63, 3.8) is 0 Å². The van der Waals surface area contributed by atoms with Gasteiger partial charge in [-0.2, -0.15) is 5.26 Å². The summed E-state index contributed by atoms with van der Waals surface area (Å²) in [6.07, 6.45) is 1.40. The lowest BCUT2D eigenvalue weighted by Gasteiger charge is -2.26. The molecule has 0 bridgehead atoms. The van der Waals surface area contributed by atoms with Crippen molar-refractivity contribution in [3.05, 3.63) is 35.4 Å². The average Bonchev–Trinajstić information content (AvgIpc) is 2.37. The van der Waals surface area contributed by atoms with Gasteiger partial charge in [-0.1, -0.05) is 26.0 Å². The third kappa shape index (κ3) is 4.75. The van der Waals surface area contributed by atoms with E-state index in [0.717, 1.165) is 12.0 Å². The predicted molar refractivity (Wildman–Crippen MR) is 76.5 cm³/mol. The molecule has 102 valence electrons. The first-order valence-corrected chi connectivity index (χ1v) is 6.68. The molecule has 1 atom stereocenters. The van der Waals surface area contributed by atoms with E-state index in [0.29, 0.717) is 17.9 Å². The van der Waals surface area contributed by atoms with E-state index in [1.807, 2.05) is 24.1 Å². The predicted octanol–water partition coefficient (Wildman–Crippen LogP) is 2.99. The molecule has 1 amide bonds. The zero-order valence-electron chi connectivity index (χ0n) is 12.2. The number of rotatable bonds is 5. The summed E-state index contributed by atoms with van der Waals surface area (Å²) in [5.41, 5.74) is 1.57. The molecule has 0 spiro atoms. The van der Waals surface area contributed by atoms with Crippen LogP contribution < -0.4 is 0 Å². The van der Waals surface area contributed by atoms with Crippen molar-refractivity contribution >= 4 is 5.91 Å². The number of benzene rings is 1. The quantitative estimate of drug-likeness (QED) is 0.815. The number of likely N-dealkylation sites (N-methyl/N-ethyl adjacent to an activating group) is 1. The Morgan fingerprint density at radius 2 is 1.84 bits per heavy atom. The normalized spacial score (nSPS) is 12.0. The Bertz CT molecular complexity index is 457. The fourth-order valence-corrected chi connectivity index (χ4v) is 2.08. The molecule has 1 aromatic rings. The molecule has 0 aliphatic heterocycles. The zero-order valence-corrected chi connectivity index (χ0v) is 12.2. The van der Waals surface area contributed by atoms with Crippen LogP contribution in [-0.4, -0.2) is 23.9 Å². The van der Waals surface area contributed by atoms with Gasteiger partial charge in [-0.25, -0.2) is 0 Å².